The van der Waals surface area contributed by atoms with Gasteiger partial charge in [0.05, 0.1) is 28.2 Å². The van der Waals surface area contributed by atoms with E-state index in [4.69, 9.17) is 9.72 Å². The van der Waals surface area contributed by atoms with Gasteiger partial charge in [-0.1, -0.05) is 41.7 Å². The number of fused-ring (bicyclic) bond motifs is 4. The average Bonchev–Trinajstić information content (AvgIpc) is 3.06. The summed E-state index contributed by atoms with van der Waals surface area (Å²) in [6, 6.07) is 21.5. The lowest BCUT2D eigenvalue weighted by Crippen LogP contribution is -2.13. The molecule has 5 rings (SSSR count). The maximum Gasteiger partial charge on any atom is 0.266 e. The fourth-order valence-corrected chi connectivity index (χ4v) is 4.28. The monoisotopic (exact) mass is 358 g/mol. The second-order valence-electron chi connectivity index (χ2n) is 6.07. The van der Waals surface area contributed by atoms with E-state index < -0.39 is 0 Å². The number of methoxy groups -OCH3 is 1. The van der Waals surface area contributed by atoms with Crippen LogP contribution in [0.2, 0.25) is 0 Å². The molecule has 0 saturated carbocycles. The fourth-order valence-electron chi connectivity index (χ4n) is 3.25. The van der Waals surface area contributed by atoms with E-state index in [1.165, 1.54) is 11.3 Å². The number of aromatic nitrogens is 2. The quantitative estimate of drug-likeness (QED) is 0.458. The zero-order chi connectivity index (χ0) is 17.7. The summed E-state index contributed by atoms with van der Waals surface area (Å²) >= 11 is 1.53. The van der Waals surface area contributed by atoms with E-state index in [9.17, 15) is 4.79 Å². The van der Waals surface area contributed by atoms with E-state index in [1.54, 1.807) is 11.5 Å². The van der Waals surface area contributed by atoms with Crippen molar-refractivity contribution in [2.75, 3.05) is 7.11 Å². The first-order valence-electron chi connectivity index (χ1n) is 8.23. The van der Waals surface area contributed by atoms with E-state index in [0.717, 1.165) is 32.1 Å². The van der Waals surface area contributed by atoms with Crippen LogP contribution in [0, 0.1) is 0 Å². The molecule has 5 aromatic rings. The molecule has 0 amide bonds. The zero-order valence-electron chi connectivity index (χ0n) is 14.0. The minimum atomic E-state index is -0.0350. The number of hydrogen-bond donors (Lipinski definition) is 0. The van der Waals surface area contributed by atoms with Crippen LogP contribution in [0.3, 0.4) is 0 Å². The van der Waals surface area contributed by atoms with E-state index in [1.807, 2.05) is 66.7 Å². The van der Waals surface area contributed by atoms with Crippen LogP contribution in [0.25, 0.3) is 37.2 Å². The summed E-state index contributed by atoms with van der Waals surface area (Å²) < 4.78 is 8.07. The van der Waals surface area contributed by atoms with Gasteiger partial charge in [-0.15, -0.1) is 0 Å². The van der Waals surface area contributed by atoms with Crippen molar-refractivity contribution in [3.63, 3.8) is 0 Å². The molecule has 2 heterocycles. The molecule has 0 radical (unpaired) electrons. The molecule has 0 N–H and O–H groups in total. The van der Waals surface area contributed by atoms with Crippen LogP contribution in [0.4, 0.5) is 0 Å². The largest absolute Gasteiger partial charge is 0.497 e. The average molecular weight is 358 g/mol. The number of rotatable bonds is 2. The number of thiazole rings is 1. The number of hydrogen-bond acceptors (Lipinski definition) is 4. The van der Waals surface area contributed by atoms with Crippen LogP contribution in [-0.2, 0) is 0 Å². The molecule has 0 spiro atoms. The van der Waals surface area contributed by atoms with Crippen molar-refractivity contribution >= 4 is 37.4 Å². The van der Waals surface area contributed by atoms with Crippen LogP contribution in [-0.4, -0.2) is 16.5 Å². The molecule has 0 unspecified atom stereocenters. The second kappa shape index (κ2) is 5.68. The van der Waals surface area contributed by atoms with Crippen LogP contribution in [0.1, 0.15) is 0 Å². The van der Waals surface area contributed by atoms with Crippen molar-refractivity contribution in [1.82, 2.24) is 9.38 Å². The fraction of sp³-hybridized carbons (Fsp3) is 0.0476. The predicted octanol–water partition coefficient (Wildman–Crippen LogP) is 4.74. The lowest BCUT2D eigenvalue weighted by atomic mass is 10.0. The predicted molar refractivity (Wildman–Crippen MR) is 106 cm³/mol. The molecular weight excluding hydrogens is 344 g/mol. The van der Waals surface area contributed by atoms with Crippen molar-refractivity contribution in [2.45, 2.75) is 0 Å². The Morgan fingerprint density at radius 3 is 2.69 bits per heavy atom. The minimum Gasteiger partial charge on any atom is -0.497 e. The summed E-state index contributed by atoms with van der Waals surface area (Å²) in [5, 5.41) is 0.617. The number of benzene rings is 3. The third-order valence-electron chi connectivity index (χ3n) is 4.55. The van der Waals surface area contributed by atoms with Crippen LogP contribution in [0.5, 0.6) is 5.75 Å². The number of ether oxygens (including phenoxy) is 1. The normalized spacial score (nSPS) is 11.4. The first-order valence-corrected chi connectivity index (χ1v) is 9.05. The van der Waals surface area contributed by atoms with Gasteiger partial charge in [-0.25, -0.2) is 4.98 Å². The highest BCUT2D eigenvalue weighted by molar-refractivity contribution is 7.23. The molecule has 26 heavy (non-hydrogen) atoms. The van der Waals surface area contributed by atoms with Crippen molar-refractivity contribution in [3.05, 3.63) is 77.1 Å². The van der Waals surface area contributed by atoms with Crippen molar-refractivity contribution in [1.29, 1.82) is 0 Å². The third kappa shape index (κ3) is 2.21. The van der Waals surface area contributed by atoms with E-state index >= 15 is 0 Å². The van der Waals surface area contributed by atoms with Gasteiger partial charge >= 0.3 is 0 Å². The Morgan fingerprint density at radius 1 is 0.962 bits per heavy atom. The lowest BCUT2D eigenvalue weighted by molar-refractivity contribution is 0.415. The third-order valence-corrected chi connectivity index (χ3v) is 5.57. The van der Waals surface area contributed by atoms with Crippen molar-refractivity contribution in [3.8, 4) is 16.9 Å². The maximum atomic E-state index is 13.2. The molecule has 5 heteroatoms. The molecule has 2 aromatic heterocycles. The zero-order valence-corrected chi connectivity index (χ0v) is 14.8. The number of para-hydroxylation sites is 1. The van der Waals surface area contributed by atoms with Gasteiger partial charge in [-0.05, 0) is 47.5 Å². The Bertz CT molecular complexity index is 1350. The van der Waals surface area contributed by atoms with Gasteiger partial charge < -0.3 is 4.74 Å². The topological polar surface area (TPSA) is 43.6 Å². The Hall–Kier alpha value is -3.18. The Labute approximate surface area is 152 Å². The van der Waals surface area contributed by atoms with Gasteiger partial charge in [-0.2, -0.15) is 0 Å². The summed E-state index contributed by atoms with van der Waals surface area (Å²) in [7, 11) is 1.65. The summed E-state index contributed by atoms with van der Waals surface area (Å²) in [4.78, 5) is 18.6. The standard InChI is InChI=1S/C21H14N2O2S/c1-25-15-6-4-5-13(11-15)14-9-10-17-16(12-14)20(24)23-18-7-2-3-8-19(18)26-21(23)22-17/h2-12H,1H3. The van der Waals surface area contributed by atoms with Gasteiger partial charge in [0.25, 0.3) is 5.56 Å². The molecule has 126 valence electrons. The van der Waals surface area contributed by atoms with E-state index in [2.05, 4.69) is 0 Å². The molecule has 0 aliphatic rings. The molecule has 0 fully saturated rings. The second-order valence-corrected chi connectivity index (χ2v) is 7.08. The smallest absolute Gasteiger partial charge is 0.266 e. The Morgan fingerprint density at radius 2 is 1.81 bits per heavy atom. The van der Waals surface area contributed by atoms with Gasteiger partial charge in [0, 0.05) is 0 Å². The van der Waals surface area contributed by atoms with Crippen molar-refractivity contribution < 1.29 is 4.74 Å². The Balaban J connectivity index is 1.82. The van der Waals surface area contributed by atoms with Crippen molar-refractivity contribution in [2.24, 2.45) is 0 Å². The minimum absolute atomic E-state index is 0.0350. The summed E-state index contributed by atoms with van der Waals surface area (Å²) in [6.45, 7) is 0. The Kier molecular flexibility index (Phi) is 3.30. The lowest BCUT2D eigenvalue weighted by Gasteiger charge is -2.06. The molecule has 3 aromatic carbocycles. The molecular formula is C21H14N2O2S. The summed E-state index contributed by atoms with van der Waals surface area (Å²) in [5.74, 6) is 0.789. The highest BCUT2D eigenvalue weighted by Gasteiger charge is 2.12. The summed E-state index contributed by atoms with van der Waals surface area (Å²) in [5.41, 5.74) is 3.56. The maximum absolute atomic E-state index is 13.2. The van der Waals surface area contributed by atoms with Crippen LogP contribution >= 0.6 is 11.3 Å². The molecule has 0 bridgehead atoms. The SMILES string of the molecule is COc1cccc(-c2ccc3nc4sc5ccccc5n4c(=O)c3c2)c1. The molecule has 4 nitrogen and oxygen atoms in total. The first kappa shape index (κ1) is 15.1. The molecule has 0 atom stereocenters. The molecule has 0 aliphatic heterocycles. The van der Waals surface area contributed by atoms with Gasteiger partial charge in [0.2, 0.25) is 0 Å². The first-order chi connectivity index (χ1) is 12.7. The van der Waals surface area contributed by atoms with Gasteiger partial charge in [0.1, 0.15) is 5.75 Å². The van der Waals surface area contributed by atoms with Crippen LogP contribution < -0.4 is 10.3 Å². The van der Waals surface area contributed by atoms with E-state index in [-0.39, 0.29) is 5.56 Å². The molecule has 0 saturated heterocycles. The van der Waals surface area contributed by atoms with Crippen LogP contribution in [0.15, 0.2) is 71.5 Å². The van der Waals surface area contributed by atoms with Gasteiger partial charge in [0.15, 0.2) is 4.96 Å². The summed E-state index contributed by atoms with van der Waals surface area (Å²) in [6.07, 6.45) is 0. The highest BCUT2D eigenvalue weighted by Crippen LogP contribution is 2.28. The van der Waals surface area contributed by atoms with Gasteiger partial charge in [-0.3, -0.25) is 9.20 Å². The highest BCUT2D eigenvalue weighted by atomic mass is 32.1. The van der Waals surface area contributed by atoms with E-state index in [0.29, 0.717) is 10.9 Å². The molecule has 0 aliphatic carbocycles. The number of nitrogens with zero attached hydrogens (tertiary/aromatic N) is 2.